The predicted octanol–water partition coefficient (Wildman–Crippen LogP) is 3.89. The molecule has 2 rings (SSSR count). The summed E-state index contributed by atoms with van der Waals surface area (Å²) in [6, 6.07) is 10.7. The van der Waals surface area contributed by atoms with Gasteiger partial charge in [-0.2, -0.15) is 0 Å². The molecule has 1 aromatic carbocycles. The Kier molecular flexibility index (Phi) is 2.61. The molecule has 0 saturated heterocycles. The summed E-state index contributed by atoms with van der Waals surface area (Å²) in [5.41, 5.74) is 1.44. The van der Waals surface area contributed by atoms with Gasteiger partial charge in [0.15, 0.2) is 0 Å². The fourth-order valence-corrected chi connectivity index (χ4v) is 3.48. The molecule has 0 aliphatic carbocycles. The van der Waals surface area contributed by atoms with Crippen molar-refractivity contribution in [2.75, 3.05) is 0 Å². The maximum Gasteiger partial charge on any atom is 0.00531 e. The standard InChI is InChI=1S/C10H10P2/c1-2-4-9(5-3-1)8-10-11-6-7-12-10/h1-7,11H,8H2. The van der Waals surface area contributed by atoms with Gasteiger partial charge in [0.2, 0.25) is 0 Å². The largest absolute Gasteiger partial charge is 0.131 e. The van der Waals surface area contributed by atoms with Crippen LogP contribution in [-0.4, -0.2) is 0 Å². The highest BCUT2D eigenvalue weighted by Gasteiger charge is 1.94. The van der Waals surface area contributed by atoms with E-state index in [4.69, 9.17) is 0 Å². The van der Waals surface area contributed by atoms with E-state index >= 15 is 0 Å². The second-order valence-corrected chi connectivity index (χ2v) is 5.44. The van der Waals surface area contributed by atoms with E-state index in [0.29, 0.717) is 0 Å². The Morgan fingerprint density at radius 3 is 2.67 bits per heavy atom. The molecule has 0 amide bonds. The molecule has 2 heteroatoms. The van der Waals surface area contributed by atoms with Crippen LogP contribution in [0.2, 0.25) is 0 Å². The molecule has 1 unspecified atom stereocenters. The lowest BCUT2D eigenvalue weighted by atomic mass is 10.2. The zero-order valence-electron chi connectivity index (χ0n) is 6.70. The van der Waals surface area contributed by atoms with Crippen LogP contribution in [0.3, 0.4) is 0 Å². The lowest BCUT2D eigenvalue weighted by Crippen LogP contribution is -1.79. The van der Waals surface area contributed by atoms with Crippen molar-refractivity contribution in [1.29, 1.82) is 0 Å². The first-order chi connectivity index (χ1) is 5.95. The quantitative estimate of drug-likeness (QED) is 0.677. The molecule has 1 heterocycles. The molecule has 0 aliphatic rings. The zero-order valence-corrected chi connectivity index (χ0v) is 8.59. The average molecular weight is 192 g/mol. The van der Waals surface area contributed by atoms with E-state index in [0.717, 1.165) is 14.6 Å². The summed E-state index contributed by atoms with van der Waals surface area (Å²) in [6.07, 6.45) is 1.16. The minimum Gasteiger partial charge on any atom is -0.131 e. The van der Waals surface area contributed by atoms with Crippen LogP contribution in [0.5, 0.6) is 0 Å². The number of hydrogen-bond donors (Lipinski definition) is 0. The van der Waals surface area contributed by atoms with E-state index < -0.39 is 0 Å². The highest BCUT2D eigenvalue weighted by Crippen LogP contribution is 2.27. The van der Waals surface area contributed by atoms with E-state index in [1.54, 1.807) is 5.03 Å². The molecule has 60 valence electrons. The minimum absolute atomic E-state index is 0.949. The molecule has 0 radical (unpaired) electrons. The molecule has 1 atom stereocenters. The predicted molar refractivity (Wildman–Crippen MR) is 57.7 cm³/mol. The molecular formula is C10H10P2. The van der Waals surface area contributed by atoms with Crippen LogP contribution in [0.25, 0.3) is 0 Å². The van der Waals surface area contributed by atoms with E-state index in [-0.39, 0.29) is 0 Å². The lowest BCUT2D eigenvalue weighted by Gasteiger charge is -1.96. The van der Waals surface area contributed by atoms with Gasteiger partial charge < -0.3 is 0 Å². The molecule has 0 spiro atoms. The van der Waals surface area contributed by atoms with Crippen LogP contribution in [-0.2, 0) is 6.42 Å². The van der Waals surface area contributed by atoms with Gasteiger partial charge in [-0.25, -0.2) is 0 Å². The fourth-order valence-electron chi connectivity index (χ4n) is 1.18. The fraction of sp³-hybridized carbons (Fsp3) is 0.100. The maximum absolute atomic E-state index is 2.28. The third-order valence-electron chi connectivity index (χ3n) is 1.77. The maximum atomic E-state index is 2.28. The summed E-state index contributed by atoms with van der Waals surface area (Å²) >= 11 is 0. The molecule has 1 aromatic heterocycles. The van der Waals surface area contributed by atoms with Gasteiger partial charge in [-0.3, -0.25) is 0 Å². The van der Waals surface area contributed by atoms with Gasteiger partial charge in [0.05, 0.1) is 0 Å². The summed E-state index contributed by atoms with van der Waals surface area (Å²) in [7, 11) is 2.38. The van der Waals surface area contributed by atoms with Crippen molar-refractivity contribution < 1.29 is 0 Å². The second-order valence-electron chi connectivity index (χ2n) is 2.70. The Balaban J connectivity index is 2.15. The molecule has 0 N–H and O–H groups in total. The summed E-state index contributed by atoms with van der Waals surface area (Å²) in [6.45, 7) is 0. The smallest absolute Gasteiger partial charge is 0.00531 e. The van der Waals surface area contributed by atoms with Gasteiger partial charge >= 0.3 is 0 Å². The SMILES string of the molecule is c1ccc(Cc2pcc[pH]2)cc1. The Morgan fingerprint density at radius 1 is 1.17 bits per heavy atom. The average Bonchev–Trinajstić information content (AvgIpc) is 2.59. The summed E-state index contributed by atoms with van der Waals surface area (Å²) in [4.78, 5) is 0. The first-order valence-electron chi connectivity index (χ1n) is 3.97. The normalized spacial score (nSPS) is 11.3. The number of hydrogen-bond acceptors (Lipinski definition) is 0. The molecule has 0 bridgehead atoms. The molecule has 0 saturated carbocycles. The van der Waals surface area contributed by atoms with Crippen LogP contribution in [0.1, 0.15) is 10.6 Å². The molecule has 12 heavy (non-hydrogen) atoms. The van der Waals surface area contributed by atoms with Crippen molar-refractivity contribution >= 4 is 16.4 Å². The molecule has 2 aromatic rings. The summed E-state index contributed by atoms with van der Waals surface area (Å²) in [5.74, 6) is 4.52. The Morgan fingerprint density at radius 2 is 2.00 bits per heavy atom. The van der Waals surface area contributed by atoms with Crippen LogP contribution in [0.4, 0.5) is 0 Å². The molecular weight excluding hydrogens is 182 g/mol. The number of benzene rings is 1. The van der Waals surface area contributed by atoms with E-state index in [9.17, 15) is 0 Å². The van der Waals surface area contributed by atoms with Crippen molar-refractivity contribution in [3.8, 4) is 0 Å². The van der Waals surface area contributed by atoms with Gasteiger partial charge in [0, 0.05) is 11.4 Å². The summed E-state index contributed by atoms with van der Waals surface area (Å²) < 4.78 is 0. The van der Waals surface area contributed by atoms with Crippen LogP contribution < -0.4 is 0 Å². The highest BCUT2D eigenvalue weighted by atomic mass is 31.1. The van der Waals surface area contributed by atoms with Gasteiger partial charge in [0.1, 0.15) is 0 Å². The third kappa shape index (κ3) is 1.97. The Hall–Kier alpha value is -0.570. The van der Waals surface area contributed by atoms with Crippen molar-refractivity contribution in [3.63, 3.8) is 0 Å². The second kappa shape index (κ2) is 3.90. The van der Waals surface area contributed by atoms with Gasteiger partial charge in [0.25, 0.3) is 0 Å². The topological polar surface area (TPSA) is 0 Å². The Labute approximate surface area is 75.8 Å². The first-order valence-corrected chi connectivity index (χ1v) is 6.01. The highest BCUT2D eigenvalue weighted by molar-refractivity contribution is 7.48. The lowest BCUT2D eigenvalue weighted by molar-refractivity contribution is 1.28. The van der Waals surface area contributed by atoms with Gasteiger partial charge in [-0.1, -0.05) is 38.5 Å². The summed E-state index contributed by atoms with van der Waals surface area (Å²) in [5, 5.41) is 1.64. The van der Waals surface area contributed by atoms with Gasteiger partial charge in [-0.05, 0) is 17.2 Å². The van der Waals surface area contributed by atoms with Crippen molar-refractivity contribution in [1.82, 2.24) is 0 Å². The van der Waals surface area contributed by atoms with Crippen LogP contribution in [0, 0.1) is 0 Å². The van der Waals surface area contributed by atoms with Crippen molar-refractivity contribution in [2.45, 2.75) is 6.42 Å². The van der Waals surface area contributed by atoms with E-state index in [1.165, 1.54) is 13.8 Å². The molecule has 0 aliphatic heterocycles. The Bertz CT molecular complexity index is 324. The molecule has 0 fully saturated rings. The van der Waals surface area contributed by atoms with Gasteiger partial charge in [-0.15, -0.1) is 8.19 Å². The third-order valence-corrected chi connectivity index (χ3v) is 4.44. The first kappa shape index (κ1) is 8.05. The van der Waals surface area contributed by atoms with Crippen molar-refractivity contribution in [2.24, 2.45) is 0 Å². The molecule has 0 nitrogen and oxygen atoms in total. The number of rotatable bonds is 2. The van der Waals surface area contributed by atoms with E-state index in [1.807, 2.05) is 0 Å². The monoisotopic (exact) mass is 192 g/mol. The van der Waals surface area contributed by atoms with E-state index in [2.05, 4.69) is 41.9 Å². The van der Waals surface area contributed by atoms with Crippen LogP contribution in [0.15, 0.2) is 41.9 Å². The minimum atomic E-state index is 0.949. The van der Waals surface area contributed by atoms with Crippen molar-refractivity contribution in [3.05, 3.63) is 52.5 Å². The zero-order chi connectivity index (χ0) is 8.23. The van der Waals surface area contributed by atoms with Crippen LogP contribution >= 0.6 is 16.4 Å².